The number of hydrogen-bond acceptors (Lipinski definition) is 6. The summed E-state index contributed by atoms with van der Waals surface area (Å²) in [5, 5.41) is 2.78. The molecule has 1 aliphatic heterocycles. The molecule has 8 nitrogen and oxygen atoms in total. The van der Waals surface area contributed by atoms with Gasteiger partial charge in [-0.2, -0.15) is 0 Å². The van der Waals surface area contributed by atoms with Crippen LogP contribution in [0.15, 0.2) is 36.5 Å². The molecule has 4 rings (SSSR count). The third-order valence-corrected chi connectivity index (χ3v) is 6.05. The van der Waals surface area contributed by atoms with E-state index in [1.54, 1.807) is 35.0 Å². The molecule has 1 aromatic carbocycles. The Bertz CT molecular complexity index is 1150. The molecule has 0 saturated carbocycles. The average molecular weight is 479 g/mol. The van der Waals surface area contributed by atoms with Crippen LogP contribution in [0.3, 0.4) is 0 Å². The lowest BCUT2D eigenvalue weighted by atomic mass is 10.2. The standard InChI is InChI=1S/C21H20ClFN4O4S/c1-30-11-19-25-13(9-24-21(29)17-4-5-18(22)32-17)10-27(19)16-3-2-14(8-15(16)23)26-6-7-31-12-20(26)28/h2-5,8,10H,6-7,9,11-12H2,1H3,(H,24,29). The van der Waals surface area contributed by atoms with Crippen molar-refractivity contribution in [2.24, 2.45) is 0 Å². The second kappa shape index (κ2) is 9.78. The molecule has 0 atom stereocenters. The van der Waals surface area contributed by atoms with E-state index >= 15 is 4.39 Å². The van der Waals surface area contributed by atoms with Gasteiger partial charge in [0.25, 0.3) is 11.8 Å². The molecular formula is C21H20ClFN4O4S. The number of halogens is 2. The van der Waals surface area contributed by atoms with Gasteiger partial charge in [0.05, 0.1) is 33.7 Å². The number of ether oxygens (including phenoxy) is 2. The number of methoxy groups -OCH3 is 1. The van der Waals surface area contributed by atoms with E-state index in [1.807, 2.05) is 0 Å². The fourth-order valence-corrected chi connectivity index (χ4v) is 4.30. The Morgan fingerprint density at radius 2 is 2.22 bits per heavy atom. The van der Waals surface area contributed by atoms with Crippen LogP contribution < -0.4 is 10.2 Å². The van der Waals surface area contributed by atoms with Gasteiger partial charge in [0, 0.05) is 25.5 Å². The van der Waals surface area contributed by atoms with Crippen molar-refractivity contribution in [2.45, 2.75) is 13.2 Å². The van der Waals surface area contributed by atoms with Crippen LogP contribution in [0.25, 0.3) is 5.69 Å². The van der Waals surface area contributed by atoms with Crippen LogP contribution in [-0.2, 0) is 27.4 Å². The van der Waals surface area contributed by atoms with Crippen LogP contribution in [-0.4, -0.2) is 48.2 Å². The normalized spacial score (nSPS) is 14.1. The summed E-state index contributed by atoms with van der Waals surface area (Å²) in [6.45, 7) is 1.06. The molecule has 1 fully saturated rings. The molecule has 168 valence electrons. The predicted molar refractivity (Wildman–Crippen MR) is 118 cm³/mol. The minimum absolute atomic E-state index is 0.0182. The zero-order valence-electron chi connectivity index (χ0n) is 17.1. The van der Waals surface area contributed by atoms with Gasteiger partial charge in [-0.25, -0.2) is 9.37 Å². The van der Waals surface area contributed by atoms with Gasteiger partial charge in [-0.05, 0) is 30.3 Å². The number of morpholine rings is 1. The van der Waals surface area contributed by atoms with Crippen molar-refractivity contribution in [3.8, 4) is 5.69 Å². The van der Waals surface area contributed by atoms with E-state index in [0.717, 1.165) is 0 Å². The number of anilines is 1. The summed E-state index contributed by atoms with van der Waals surface area (Å²) in [6, 6.07) is 7.89. The first-order chi connectivity index (χ1) is 15.5. The van der Waals surface area contributed by atoms with Crippen molar-refractivity contribution < 1.29 is 23.5 Å². The topological polar surface area (TPSA) is 85.7 Å². The second-order valence-electron chi connectivity index (χ2n) is 6.97. The Morgan fingerprint density at radius 1 is 1.38 bits per heavy atom. The molecule has 1 saturated heterocycles. The van der Waals surface area contributed by atoms with Crippen LogP contribution in [0.1, 0.15) is 21.2 Å². The summed E-state index contributed by atoms with van der Waals surface area (Å²) in [5.74, 6) is -0.517. The monoisotopic (exact) mass is 478 g/mol. The number of imidazole rings is 1. The Kier molecular flexibility index (Phi) is 6.85. The van der Waals surface area contributed by atoms with Gasteiger partial charge in [0.1, 0.15) is 24.9 Å². The third-order valence-electron chi connectivity index (χ3n) is 4.82. The number of hydrogen-bond donors (Lipinski definition) is 1. The molecule has 0 spiro atoms. The molecule has 1 N–H and O–H groups in total. The lowest BCUT2D eigenvalue weighted by Crippen LogP contribution is -2.41. The molecule has 0 aliphatic carbocycles. The summed E-state index contributed by atoms with van der Waals surface area (Å²) >= 11 is 7.06. The molecule has 2 amide bonds. The average Bonchev–Trinajstić information content (AvgIpc) is 3.39. The van der Waals surface area contributed by atoms with Crippen molar-refractivity contribution >= 4 is 40.4 Å². The van der Waals surface area contributed by atoms with Crippen LogP contribution in [0.2, 0.25) is 4.34 Å². The summed E-state index contributed by atoms with van der Waals surface area (Å²) in [4.78, 5) is 30.8. The highest BCUT2D eigenvalue weighted by Crippen LogP contribution is 2.25. The molecule has 3 aromatic rings. The van der Waals surface area contributed by atoms with E-state index in [-0.39, 0.29) is 37.3 Å². The van der Waals surface area contributed by atoms with E-state index in [1.165, 1.54) is 29.4 Å². The van der Waals surface area contributed by atoms with E-state index in [9.17, 15) is 9.59 Å². The fraction of sp³-hybridized carbons (Fsp3) is 0.286. The van der Waals surface area contributed by atoms with E-state index in [4.69, 9.17) is 21.1 Å². The van der Waals surface area contributed by atoms with Crippen molar-refractivity contribution in [3.05, 3.63) is 63.1 Å². The SMILES string of the molecule is COCc1nc(CNC(=O)c2ccc(Cl)s2)cn1-c1ccc(N2CCOCC2=O)cc1F. The maximum atomic E-state index is 15.0. The lowest BCUT2D eigenvalue weighted by molar-refractivity contribution is -0.125. The smallest absolute Gasteiger partial charge is 0.261 e. The number of amides is 2. The molecule has 0 radical (unpaired) electrons. The highest BCUT2D eigenvalue weighted by Gasteiger charge is 2.22. The van der Waals surface area contributed by atoms with Gasteiger partial charge in [-0.15, -0.1) is 11.3 Å². The predicted octanol–water partition coefficient (Wildman–Crippen LogP) is 3.17. The van der Waals surface area contributed by atoms with E-state index in [0.29, 0.717) is 39.6 Å². The summed E-state index contributed by atoms with van der Waals surface area (Å²) < 4.78 is 27.5. The Hall–Kier alpha value is -2.79. The van der Waals surface area contributed by atoms with Gasteiger partial charge in [-0.3, -0.25) is 14.2 Å². The Balaban J connectivity index is 1.55. The number of thiophene rings is 1. The van der Waals surface area contributed by atoms with Crippen LogP contribution >= 0.6 is 22.9 Å². The quantitative estimate of drug-likeness (QED) is 0.563. The van der Waals surface area contributed by atoms with Crippen LogP contribution in [0.5, 0.6) is 0 Å². The molecule has 32 heavy (non-hydrogen) atoms. The fourth-order valence-electron chi connectivity index (χ4n) is 3.34. The summed E-state index contributed by atoms with van der Waals surface area (Å²) in [5.41, 5.74) is 1.27. The first kappa shape index (κ1) is 22.4. The number of aromatic nitrogens is 2. The minimum atomic E-state index is -0.514. The van der Waals surface area contributed by atoms with E-state index in [2.05, 4.69) is 10.3 Å². The van der Waals surface area contributed by atoms with Crippen molar-refractivity contribution in [1.82, 2.24) is 14.9 Å². The highest BCUT2D eigenvalue weighted by molar-refractivity contribution is 7.17. The Labute approximate surface area is 192 Å². The van der Waals surface area contributed by atoms with Crippen molar-refractivity contribution in [2.75, 3.05) is 31.8 Å². The summed E-state index contributed by atoms with van der Waals surface area (Å²) in [6.07, 6.45) is 1.65. The first-order valence-electron chi connectivity index (χ1n) is 9.74. The van der Waals surface area contributed by atoms with Gasteiger partial charge in [-0.1, -0.05) is 11.6 Å². The van der Waals surface area contributed by atoms with E-state index < -0.39 is 5.82 Å². The molecule has 1 aliphatic rings. The number of nitrogens with zero attached hydrogens (tertiary/aromatic N) is 3. The summed E-state index contributed by atoms with van der Waals surface area (Å²) in [7, 11) is 1.52. The number of carbonyl (C=O) groups is 2. The molecule has 3 heterocycles. The highest BCUT2D eigenvalue weighted by atomic mass is 35.5. The van der Waals surface area contributed by atoms with Crippen LogP contribution in [0, 0.1) is 5.82 Å². The largest absolute Gasteiger partial charge is 0.377 e. The number of carbonyl (C=O) groups excluding carboxylic acids is 2. The number of rotatable bonds is 7. The second-order valence-corrected chi connectivity index (χ2v) is 8.69. The first-order valence-corrected chi connectivity index (χ1v) is 10.9. The molecule has 0 bridgehead atoms. The minimum Gasteiger partial charge on any atom is -0.377 e. The molecule has 0 unspecified atom stereocenters. The van der Waals surface area contributed by atoms with Gasteiger partial charge in [0.2, 0.25) is 0 Å². The van der Waals surface area contributed by atoms with Crippen LogP contribution in [0.4, 0.5) is 10.1 Å². The van der Waals surface area contributed by atoms with Crippen molar-refractivity contribution in [1.29, 1.82) is 0 Å². The van der Waals surface area contributed by atoms with Gasteiger partial charge < -0.3 is 19.7 Å². The zero-order chi connectivity index (χ0) is 22.7. The third kappa shape index (κ3) is 4.83. The molecule has 11 heteroatoms. The zero-order valence-corrected chi connectivity index (χ0v) is 18.7. The van der Waals surface area contributed by atoms with Crippen molar-refractivity contribution in [3.63, 3.8) is 0 Å². The molecule has 2 aromatic heterocycles. The lowest BCUT2D eigenvalue weighted by Gasteiger charge is -2.27. The van der Waals surface area contributed by atoms with Gasteiger partial charge in [0.15, 0.2) is 0 Å². The Morgan fingerprint density at radius 3 is 2.91 bits per heavy atom. The maximum absolute atomic E-state index is 15.0. The number of nitrogens with one attached hydrogen (secondary N) is 1. The molecular weight excluding hydrogens is 459 g/mol. The van der Waals surface area contributed by atoms with Gasteiger partial charge >= 0.3 is 0 Å². The maximum Gasteiger partial charge on any atom is 0.261 e. The number of benzene rings is 1.